The highest BCUT2D eigenvalue weighted by Gasteiger charge is 2.50. The SMILES string of the molecule is CC(C)(C)OC(=O)[C@]1(CI)CC(Cc2ccccc2)=C[C@H]1c1ccccc1. The first-order chi connectivity index (χ1) is 12.8. The van der Waals surface area contributed by atoms with Crippen LogP contribution in [0.2, 0.25) is 0 Å². The normalized spacial score (nSPS) is 22.4. The summed E-state index contributed by atoms with van der Waals surface area (Å²) in [5, 5.41) is 0. The predicted molar refractivity (Wildman–Crippen MR) is 119 cm³/mol. The average Bonchev–Trinajstić information content (AvgIpc) is 3.02. The van der Waals surface area contributed by atoms with Crippen molar-refractivity contribution in [3.05, 3.63) is 83.4 Å². The molecule has 0 aliphatic heterocycles. The highest BCUT2D eigenvalue weighted by molar-refractivity contribution is 14.1. The highest BCUT2D eigenvalue weighted by atomic mass is 127. The third-order valence-corrected chi connectivity index (χ3v) is 6.38. The van der Waals surface area contributed by atoms with Gasteiger partial charge in [0.05, 0.1) is 5.41 Å². The maximum Gasteiger partial charge on any atom is 0.314 e. The number of allylic oxidation sites excluding steroid dienone is 2. The van der Waals surface area contributed by atoms with Gasteiger partial charge in [-0.05, 0) is 44.7 Å². The Kier molecular flexibility index (Phi) is 6.09. The summed E-state index contributed by atoms with van der Waals surface area (Å²) in [6.07, 6.45) is 3.94. The van der Waals surface area contributed by atoms with Gasteiger partial charge in [-0.25, -0.2) is 0 Å². The van der Waals surface area contributed by atoms with Crippen molar-refractivity contribution in [3.8, 4) is 0 Å². The Morgan fingerprint density at radius 3 is 2.22 bits per heavy atom. The fraction of sp³-hybridized carbons (Fsp3) is 0.375. The lowest BCUT2D eigenvalue weighted by Crippen LogP contribution is -2.41. The van der Waals surface area contributed by atoms with Crippen molar-refractivity contribution < 1.29 is 9.53 Å². The summed E-state index contributed by atoms with van der Waals surface area (Å²) in [5.74, 6) is -0.0401. The van der Waals surface area contributed by atoms with Gasteiger partial charge in [-0.1, -0.05) is 94.9 Å². The van der Waals surface area contributed by atoms with Crippen LogP contribution < -0.4 is 0 Å². The van der Waals surface area contributed by atoms with Gasteiger partial charge in [-0.2, -0.15) is 0 Å². The summed E-state index contributed by atoms with van der Waals surface area (Å²) in [4.78, 5) is 13.3. The molecule has 1 aliphatic carbocycles. The first-order valence-electron chi connectivity index (χ1n) is 9.42. The highest BCUT2D eigenvalue weighted by Crippen LogP contribution is 2.51. The van der Waals surface area contributed by atoms with Crippen molar-refractivity contribution in [2.24, 2.45) is 5.41 Å². The lowest BCUT2D eigenvalue weighted by molar-refractivity contribution is -0.166. The lowest BCUT2D eigenvalue weighted by Gasteiger charge is -2.35. The van der Waals surface area contributed by atoms with Crippen LogP contribution in [-0.2, 0) is 16.0 Å². The molecule has 2 atom stereocenters. The number of benzene rings is 2. The molecule has 0 saturated heterocycles. The van der Waals surface area contributed by atoms with Crippen LogP contribution in [0, 0.1) is 5.41 Å². The molecule has 1 aliphatic rings. The van der Waals surface area contributed by atoms with Gasteiger partial charge in [-0.3, -0.25) is 4.79 Å². The third-order valence-electron chi connectivity index (χ3n) is 5.02. The molecule has 0 fully saturated rings. The second-order valence-electron chi connectivity index (χ2n) is 8.34. The van der Waals surface area contributed by atoms with Crippen LogP contribution in [0.15, 0.2) is 72.3 Å². The number of esters is 1. The first-order valence-corrected chi connectivity index (χ1v) is 10.9. The summed E-state index contributed by atoms with van der Waals surface area (Å²) in [5.41, 5.74) is 2.75. The molecule has 0 amide bonds. The number of hydrogen-bond donors (Lipinski definition) is 0. The Bertz CT molecular complexity index is 805. The number of alkyl halides is 1. The van der Waals surface area contributed by atoms with E-state index in [9.17, 15) is 4.79 Å². The summed E-state index contributed by atoms with van der Waals surface area (Å²) in [6.45, 7) is 5.82. The average molecular weight is 474 g/mol. The van der Waals surface area contributed by atoms with E-state index in [1.807, 2.05) is 45.0 Å². The molecule has 2 aromatic carbocycles. The largest absolute Gasteiger partial charge is 0.459 e. The summed E-state index contributed by atoms with van der Waals surface area (Å²) in [7, 11) is 0. The van der Waals surface area contributed by atoms with E-state index in [1.54, 1.807) is 0 Å². The minimum atomic E-state index is -0.542. The van der Waals surface area contributed by atoms with Crippen molar-refractivity contribution in [3.63, 3.8) is 0 Å². The third kappa shape index (κ3) is 4.63. The Hall–Kier alpha value is -1.62. The molecule has 0 saturated carbocycles. The van der Waals surface area contributed by atoms with E-state index in [2.05, 4.69) is 65.1 Å². The molecular weight excluding hydrogens is 447 g/mol. The van der Waals surface area contributed by atoms with Gasteiger partial charge in [0.25, 0.3) is 0 Å². The van der Waals surface area contributed by atoms with E-state index < -0.39 is 11.0 Å². The van der Waals surface area contributed by atoms with E-state index in [0.29, 0.717) is 0 Å². The predicted octanol–water partition coefficient (Wildman–Crippen LogP) is 6.11. The van der Waals surface area contributed by atoms with E-state index in [4.69, 9.17) is 4.74 Å². The maximum atomic E-state index is 13.3. The molecule has 2 aromatic rings. The number of ether oxygens (including phenoxy) is 1. The molecule has 2 nitrogen and oxygen atoms in total. The van der Waals surface area contributed by atoms with Gasteiger partial charge in [0.15, 0.2) is 0 Å². The molecule has 27 heavy (non-hydrogen) atoms. The zero-order valence-electron chi connectivity index (χ0n) is 16.2. The molecule has 0 bridgehead atoms. The van der Waals surface area contributed by atoms with Crippen LogP contribution in [0.25, 0.3) is 0 Å². The van der Waals surface area contributed by atoms with Crippen LogP contribution in [0.3, 0.4) is 0 Å². The molecule has 0 unspecified atom stereocenters. The zero-order chi connectivity index (χ0) is 19.5. The summed E-state index contributed by atoms with van der Waals surface area (Å²) < 4.78 is 6.62. The first kappa shape index (κ1) is 20.1. The van der Waals surface area contributed by atoms with Gasteiger partial charge in [-0.15, -0.1) is 0 Å². The van der Waals surface area contributed by atoms with Crippen LogP contribution >= 0.6 is 22.6 Å². The Morgan fingerprint density at radius 1 is 1.07 bits per heavy atom. The van der Waals surface area contributed by atoms with Crippen molar-refractivity contribution in [1.82, 2.24) is 0 Å². The number of hydrogen-bond acceptors (Lipinski definition) is 2. The molecule has 3 heteroatoms. The molecule has 0 N–H and O–H groups in total. The monoisotopic (exact) mass is 474 g/mol. The van der Waals surface area contributed by atoms with Crippen LogP contribution in [-0.4, -0.2) is 16.0 Å². The molecule has 0 aromatic heterocycles. The van der Waals surface area contributed by atoms with Gasteiger partial charge in [0, 0.05) is 10.3 Å². The minimum Gasteiger partial charge on any atom is -0.459 e. The molecule has 0 spiro atoms. The topological polar surface area (TPSA) is 26.3 Å². The van der Waals surface area contributed by atoms with Gasteiger partial charge in [0.2, 0.25) is 0 Å². The summed E-state index contributed by atoms with van der Waals surface area (Å²) in [6, 6.07) is 20.8. The second-order valence-corrected chi connectivity index (χ2v) is 9.11. The van der Waals surface area contributed by atoms with Crippen molar-refractivity contribution in [2.45, 2.75) is 45.1 Å². The number of carbonyl (C=O) groups is 1. The van der Waals surface area contributed by atoms with Crippen molar-refractivity contribution >= 4 is 28.6 Å². The summed E-state index contributed by atoms with van der Waals surface area (Å²) >= 11 is 2.36. The quantitative estimate of drug-likeness (QED) is 0.226. The molecule has 142 valence electrons. The van der Waals surface area contributed by atoms with Crippen LogP contribution in [0.1, 0.15) is 44.2 Å². The Morgan fingerprint density at radius 2 is 1.67 bits per heavy atom. The Labute approximate surface area is 176 Å². The van der Waals surface area contributed by atoms with Gasteiger partial charge >= 0.3 is 5.97 Å². The molecule has 0 radical (unpaired) electrons. The van der Waals surface area contributed by atoms with Crippen molar-refractivity contribution in [1.29, 1.82) is 0 Å². The van der Waals surface area contributed by atoms with E-state index in [1.165, 1.54) is 16.7 Å². The zero-order valence-corrected chi connectivity index (χ0v) is 18.4. The van der Waals surface area contributed by atoms with Gasteiger partial charge in [0.1, 0.15) is 5.60 Å². The van der Waals surface area contributed by atoms with Crippen molar-refractivity contribution in [2.75, 3.05) is 4.43 Å². The molecular formula is C24H27IO2. The number of halogens is 1. The Balaban J connectivity index is 1.97. The smallest absolute Gasteiger partial charge is 0.314 e. The number of rotatable bonds is 5. The van der Waals surface area contributed by atoms with Crippen LogP contribution in [0.4, 0.5) is 0 Å². The molecule has 0 heterocycles. The second kappa shape index (κ2) is 8.17. The fourth-order valence-electron chi connectivity index (χ4n) is 3.79. The van der Waals surface area contributed by atoms with Gasteiger partial charge < -0.3 is 4.74 Å². The standard InChI is InChI=1S/C24H27IO2/c1-23(2,3)27-22(26)24(17-25)16-19(14-18-10-6-4-7-11-18)15-21(24)20-12-8-5-9-13-20/h4-13,15,21H,14,16-17H2,1-3H3/t21-,24-/m0/s1. The molecule has 3 rings (SSSR count). The lowest BCUT2D eigenvalue weighted by atomic mass is 9.75. The van der Waals surface area contributed by atoms with E-state index in [0.717, 1.165) is 17.3 Å². The van der Waals surface area contributed by atoms with E-state index >= 15 is 0 Å². The fourth-order valence-corrected chi connectivity index (χ4v) is 4.84. The van der Waals surface area contributed by atoms with Crippen LogP contribution in [0.5, 0.6) is 0 Å². The number of carbonyl (C=O) groups excluding carboxylic acids is 1. The maximum absolute atomic E-state index is 13.3. The minimum absolute atomic E-state index is 0.0455. The van der Waals surface area contributed by atoms with E-state index in [-0.39, 0.29) is 11.9 Å².